The molecule has 0 aromatic heterocycles. The molecule has 3 aromatic carbocycles. The fraction of sp³-hybridized carbons (Fsp3) is 0.345. The first-order valence-corrected chi connectivity index (χ1v) is 11.8. The average Bonchev–Trinajstić information content (AvgIpc) is 2.84. The topological polar surface area (TPSA) is 38.8 Å². The van der Waals surface area contributed by atoms with Gasteiger partial charge in [0.05, 0.1) is 13.2 Å². The van der Waals surface area contributed by atoms with Gasteiger partial charge in [-0.05, 0) is 67.1 Å². The first-order valence-electron chi connectivity index (χ1n) is 11.8. The molecule has 2 atom stereocenters. The molecule has 0 unspecified atom stereocenters. The number of esters is 1. The summed E-state index contributed by atoms with van der Waals surface area (Å²) in [6.45, 7) is 4.02. The van der Waals surface area contributed by atoms with Crippen molar-refractivity contribution in [3.05, 3.63) is 101 Å². The van der Waals surface area contributed by atoms with Crippen LogP contribution in [0.25, 0.3) is 0 Å². The van der Waals surface area contributed by atoms with Crippen molar-refractivity contribution in [1.82, 2.24) is 4.90 Å². The molecule has 1 aliphatic rings. The normalized spacial score (nSPS) is 17.4. The van der Waals surface area contributed by atoms with Crippen LogP contribution in [0.2, 0.25) is 0 Å². The van der Waals surface area contributed by atoms with Gasteiger partial charge < -0.3 is 9.47 Å². The van der Waals surface area contributed by atoms with E-state index in [-0.39, 0.29) is 5.97 Å². The summed E-state index contributed by atoms with van der Waals surface area (Å²) < 4.78 is 11.2. The van der Waals surface area contributed by atoms with Crippen molar-refractivity contribution >= 4 is 5.97 Å². The Labute approximate surface area is 197 Å². The molecule has 1 aliphatic carbocycles. The Morgan fingerprint density at radius 3 is 2.45 bits per heavy atom. The number of hydrogen-bond donors (Lipinski definition) is 0. The van der Waals surface area contributed by atoms with Crippen molar-refractivity contribution in [3.63, 3.8) is 0 Å². The average molecular weight is 444 g/mol. The third-order valence-corrected chi connectivity index (χ3v) is 6.36. The van der Waals surface area contributed by atoms with Crippen LogP contribution in [0.3, 0.4) is 0 Å². The Hall–Kier alpha value is -3.11. The van der Waals surface area contributed by atoms with Crippen LogP contribution in [-0.4, -0.2) is 37.6 Å². The highest BCUT2D eigenvalue weighted by molar-refractivity contribution is 5.71. The van der Waals surface area contributed by atoms with Crippen LogP contribution < -0.4 is 4.74 Å². The molecule has 4 heteroatoms. The molecule has 0 amide bonds. The summed E-state index contributed by atoms with van der Waals surface area (Å²) in [5.74, 6) is 1.48. The van der Waals surface area contributed by atoms with Gasteiger partial charge in [-0.25, -0.2) is 0 Å². The van der Waals surface area contributed by atoms with Gasteiger partial charge in [0, 0.05) is 12.5 Å². The number of carbonyl (C=O) groups is 1. The number of rotatable bonds is 9. The van der Waals surface area contributed by atoms with Gasteiger partial charge in [-0.3, -0.25) is 9.69 Å². The van der Waals surface area contributed by atoms with Crippen LogP contribution in [0, 0.1) is 5.92 Å². The van der Waals surface area contributed by atoms with Gasteiger partial charge in [-0.1, -0.05) is 66.7 Å². The lowest BCUT2D eigenvalue weighted by molar-refractivity contribution is -0.144. The summed E-state index contributed by atoms with van der Waals surface area (Å²) in [4.78, 5) is 14.1. The fourth-order valence-corrected chi connectivity index (χ4v) is 4.89. The quantitative estimate of drug-likeness (QED) is 0.412. The highest BCUT2D eigenvalue weighted by Gasteiger charge is 2.32. The highest BCUT2D eigenvalue weighted by atomic mass is 16.5. The van der Waals surface area contributed by atoms with E-state index >= 15 is 0 Å². The molecule has 0 aliphatic heterocycles. The SMILES string of the molecule is CCOC(=O)CN(C)C[C@H]1CCc2cc(OCc3ccccc3)ccc2[C@H]1c1ccccc1. The van der Waals surface area contributed by atoms with Gasteiger partial charge >= 0.3 is 5.97 Å². The second-order valence-electron chi connectivity index (χ2n) is 8.82. The maximum atomic E-state index is 12.0. The smallest absolute Gasteiger partial charge is 0.320 e. The second-order valence-corrected chi connectivity index (χ2v) is 8.82. The maximum Gasteiger partial charge on any atom is 0.320 e. The summed E-state index contributed by atoms with van der Waals surface area (Å²) in [5, 5.41) is 0. The monoisotopic (exact) mass is 443 g/mol. The van der Waals surface area contributed by atoms with Gasteiger partial charge in [0.15, 0.2) is 0 Å². The van der Waals surface area contributed by atoms with E-state index in [9.17, 15) is 4.79 Å². The molecule has 0 saturated carbocycles. The molecule has 4 rings (SSSR count). The molecular weight excluding hydrogens is 410 g/mol. The Kier molecular flexibility index (Phi) is 7.79. The zero-order valence-corrected chi connectivity index (χ0v) is 19.6. The predicted molar refractivity (Wildman–Crippen MR) is 131 cm³/mol. The van der Waals surface area contributed by atoms with Gasteiger partial charge in [-0.15, -0.1) is 0 Å². The van der Waals surface area contributed by atoms with Crippen LogP contribution in [0.5, 0.6) is 5.75 Å². The van der Waals surface area contributed by atoms with Crippen LogP contribution in [0.1, 0.15) is 41.5 Å². The Morgan fingerprint density at radius 1 is 1.00 bits per heavy atom. The number of benzene rings is 3. The van der Waals surface area contributed by atoms with Gasteiger partial charge in [0.2, 0.25) is 0 Å². The van der Waals surface area contributed by atoms with E-state index in [0.29, 0.717) is 31.6 Å². The number of aryl methyl sites for hydroxylation is 1. The van der Waals surface area contributed by atoms with Gasteiger partial charge in [-0.2, -0.15) is 0 Å². The molecule has 0 saturated heterocycles. The van der Waals surface area contributed by atoms with E-state index in [4.69, 9.17) is 9.47 Å². The van der Waals surface area contributed by atoms with E-state index in [1.54, 1.807) is 0 Å². The van der Waals surface area contributed by atoms with Gasteiger partial charge in [0.25, 0.3) is 0 Å². The molecule has 172 valence electrons. The van der Waals surface area contributed by atoms with E-state index in [0.717, 1.165) is 25.1 Å². The van der Waals surface area contributed by atoms with Crippen molar-refractivity contribution in [2.75, 3.05) is 26.7 Å². The minimum absolute atomic E-state index is 0.160. The summed E-state index contributed by atoms with van der Waals surface area (Å²) >= 11 is 0. The molecule has 0 heterocycles. The van der Waals surface area contributed by atoms with Crippen molar-refractivity contribution < 1.29 is 14.3 Å². The van der Waals surface area contributed by atoms with Crippen molar-refractivity contribution in [1.29, 1.82) is 0 Å². The number of likely N-dealkylation sites (N-methyl/N-ethyl adjacent to an activating group) is 1. The van der Waals surface area contributed by atoms with Crippen molar-refractivity contribution in [3.8, 4) is 5.75 Å². The number of hydrogen-bond acceptors (Lipinski definition) is 4. The third kappa shape index (κ3) is 6.02. The number of carbonyl (C=O) groups excluding carboxylic acids is 1. The second kappa shape index (κ2) is 11.2. The third-order valence-electron chi connectivity index (χ3n) is 6.36. The molecular formula is C29H33NO3. The van der Waals surface area contributed by atoms with E-state index < -0.39 is 0 Å². The first-order chi connectivity index (χ1) is 16.1. The maximum absolute atomic E-state index is 12.0. The molecule has 0 bridgehead atoms. The summed E-state index contributed by atoms with van der Waals surface area (Å²) in [5.41, 5.74) is 5.22. The standard InChI is InChI=1S/C29H33NO3/c1-3-32-28(31)20-30(2)19-25-15-14-24-18-26(33-21-22-10-6-4-7-11-22)16-17-27(24)29(25)23-12-8-5-9-13-23/h4-13,16-18,25,29H,3,14-15,19-21H2,1-2H3/t25-,29+/m1/s1. The zero-order valence-electron chi connectivity index (χ0n) is 19.6. The van der Waals surface area contributed by atoms with Crippen LogP contribution in [0.4, 0.5) is 0 Å². The molecule has 3 aromatic rings. The summed E-state index contributed by atoms with van der Waals surface area (Å²) in [6.07, 6.45) is 2.08. The lowest BCUT2D eigenvalue weighted by Crippen LogP contribution is -2.36. The lowest BCUT2D eigenvalue weighted by Gasteiger charge is -2.36. The summed E-state index contributed by atoms with van der Waals surface area (Å²) in [6, 6.07) is 27.5. The molecule has 0 fully saturated rings. The zero-order chi connectivity index (χ0) is 23.0. The number of ether oxygens (including phenoxy) is 2. The van der Waals surface area contributed by atoms with Crippen LogP contribution in [0.15, 0.2) is 78.9 Å². The molecule has 0 N–H and O–H groups in total. The van der Waals surface area contributed by atoms with E-state index in [1.165, 1.54) is 22.3 Å². The largest absolute Gasteiger partial charge is 0.489 e. The van der Waals surface area contributed by atoms with E-state index in [1.807, 2.05) is 32.2 Å². The van der Waals surface area contributed by atoms with Crippen molar-refractivity contribution in [2.24, 2.45) is 5.92 Å². The van der Waals surface area contributed by atoms with E-state index in [2.05, 4.69) is 65.6 Å². The molecule has 0 radical (unpaired) electrons. The Bertz CT molecular complexity index is 1040. The van der Waals surface area contributed by atoms with Crippen LogP contribution in [-0.2, 0) is 22.6 Å². The Balaban J connectivity index is 1.53. The fourth-order valence-electron chi connectivity index (χ4n) is 4.89. The van der Waals surface area contributed by atoms with Crippen LogP contribution >= 0.6 is 0 Å². The van der Waals surface area contributed by atoms with Crippen molar-refractivity contribution in [2.45, 2.75) is 32.3 Å². The minimum atomic E-state index is -0.160. The Morgan fingerprint density at radius 2 is 1.73 bits per heavy atom. The van der Waals surface area contributed by atoms with Gasteiger partial charge in [0.1, 0.15) is 12.4 Å². The molecule has 0 spiro atoms. The molecule has 4 nitrogen and oxygen atoms in total. The minimum Gasteiger partial charge on any atom is -0.489 e. The first kappa shape index (κ1) is 23.1. The summed E-state index contributed by atoms with van der Waals surface area (Å²) in [7, 11) is 2.01. The highest BCUT2D eigenvalue weighted by Crippen LogP contribution is 2.42. The predicted octanol–water partition coefficient (Wildman–Crippen LogP) is 5.45. The lowest BCUT2D eigenvalue weighted by atomic mass is 9.71. The number of nitrogens with zero attached hydrogens (tertiary/aromatic N) is 1. The number of fused-ring (bicyclic) bond motifs is 1. The molecule has 33 heavy (non-hydrogen) atoms.